The number of amides is 2. The molecule has 0 radical (unpaired) electrons. The first-order valence-electron chi connectivity index (χ1n) is 9.08. The molecule has 136 valence electrons. The predicted molar refractivity (Wildman–Crippen MR) is 96.5 cm³/mol. The fourth-order valence-electron chi connectivity index (χ4n) is 3.92. The Kier molecular flexibility index (Phi) is 4.52. The number of nitrogens with one attached hydrogen (secondary N) is 1. The van der Waals surface area contributed by atoms with Gasteiger partial charge in [-0.05, 0) is 50.8 Å². The molecule has 0 bridgehead atoms. The molecule has 2 unspecified atom stereocenters. The van der Waals surface area contributed by atoms with Crippen molar-refractivity contribution in [3.8, 4) is 5.75 Å². The van der Waals surface area contributed by atoms with Gasteiger partial charge in [-0.1, -0.05) is 19.1 Å². The van der Waals surface area contributed by atoms with Gasteiger partial charge in [-0.2, -0.15) is 0 Å². The first kappa shape index (κ1) is 17.8. The van der Waals surface area contributed by atoms with Gasteiger partial charge in [0, 0.05) is 24.5 Å². The number of carbonyl (C=O) groups is 2. The Morgan fingerprint density at radius 2 is 2.20 bits per heavy atom. The van der Waals surface area contributed by atoms with Gasteiger partial charge in [0.1, 0.15) is 5.75 Å². The summed E-state index contributed by atoms with van der Waals surface area (Å²) in [7, 11) is 1.63. The standard InChI is InChI=1S/C20H28N2O3/c1-5-19(2,3)21-18(24)20(14-7-6-8-16(11-14)25-4)12-15-9-10-17(23)22(15)13-20/h6-8,11,15H,5,9-10,12-13H2,1-4H3,(H,21,24). The number of nitrogens with zero attached hydrogens (tertiary/aromatic N) is 1. The van der Waals surface area contributed by atoms with Gasteiger partial charge in [-0.3, -0.25) is 9.59 Å². The van der Waals surface area contributed by atoms with E-state index in [1.54, 1.807) is 7.11 Å². The summed E-state index contributed by atoms with van der Waals surface area (Å²) in [6.45, 7) is 6.58. The summed E-state index contributed by atoms with van der Waals surface area (Å²) in [5.74, 6) is 0.907. The molecular weight excluding hydrogens is 316 g/mol. The molecule has 2 atom stereocenters. The van der Waals surface area contributed by atoms with Crippen molar-refractivity contribution in [3.63, 3.8) is 0 Å². The van der Waals surface area contributed by atoms with Gasteiger partial charge in [-0.15, -0.1) is 0 Å². The summed E-state index contributed by atoms with van der Waals surface area (Å²) < 4.78 is 5.36. The zero-order valence-corrected chi connectivity index (χ0v) is 15.6. The Balaban J connectivity index is 2.00. The number of benzene rings is 1. The fourth-order valence-corrected chi connectivity index (χ4v) is 3.92. The molecule has 0 spiro atoms. The number of rotatable bonds is 5. The first-order chi connectivity index (χ1) is 11.8. The summed E-state index contributed by atoms with van der Waals surface area (Å²) in [4.78, 5) is 27.5. The molecule has 5 heteroatoms. The van der Waals surface area contributed by atoms with Crippen LogP contribution < -0.4 is 10.1 Å². The third kappa shape index (κ3) is 3.12. The zero-order valence-electron chi connectivity index (χ0n) is 15.6. The minimum absolute atomic E-state index is 0.00908. The number of hydrogen-bond acceptors (Lipinski definition) is 3. The average molecular weight is 344 g/mol. The maximum absolute atomic E-state index is 13.4. The average Bonchev–Trinajstić information content (AvgIpc) is 3.15. The summed E-state index contributed by atoms with van der Waals surface area (Å²) in [5, 5.41) is 3.21. The topological polar surface area (TPSA) is 58.6 Å². The summed E-state index contributed by atoms with van der Waals surface area (Å²) >= 11 is 0. The molecule has 2 heterocycles. The monoisotopic (exact) mass is 344 g/mol. The molecule has 1 N–H and O–H groups in total. The van der Waals surface area contributed by atoms with Crippen LogP contribution in [0.3, 0.4) is 0 Å². The highest BCUT2D eigenvalue weighted by atomic mass is 16.5. The molecule has 2 aliphatic rings. The molecule has 0 saturated carbocycles. The van der Waals surface area contributed by atoms with E-state index >= 15 is 0 Å². The lowest BCUT2D eigenvalue weighted by atomic mass is 9.76. The van der Waals surface area contributed by atoms with Crippen LogP contribution in [0.1, 0.15) is 52.0 Å². The quantitative estimate of drug-likeness (QED) is 0.893. The molecule has 2 aliphatic heterocycles. The van der Waals surface area contributed by atoms with E-state index in [1.807, 2.05) is 43.0 Å². The molecule has 5 nitrogen and oxygen atoms in total. The van der Waals surface area contributed by atoms with Crippen molar-refractivity contribution in [1.82, 2.24) is 10.2 Å². The lowest BCUT2D eigenvalue weighted by Crippen LogP contribution is -2.53. The highest BCUT2D eigenvalue weighted by molar-refractivity contribution is 5.92. The van der Waals surface area contributed by atoms with Crippen LogP contribution in [0.5, 0.6) is 5.75 Å². The summed E-state index contributed by atoms with van der Waals surface area (Å²) in [6, 6.07) is 7.87. The van der Waals surface area contributed by atoms with E-state index in [-0.39, 0.29) is 23.4 Å². The zero-order chi connectivity index (χ0) is 18.2. The van der Waals surface area contributed by atoms with Gasteiger partial charge in [0.2, 0.25) is 11.8 Å². The lowest BCUT2D eigenvalue weighted by molar-refractivity contribution is -0.130. The van der Waals surface area contributed by atoms with Gasteiger partial charge >= 0.3 is 0 Å². The van der Waals surface area contributed by atoms with E-state index in [2.05, 4.69) is 12.2 Å². The van der Waals surface area contributed by atoms with Crippen LogP contribution in [0.25, 0.3) is 0 Å². The molecule has 2 fully saturated rings. The normalized spacial score (nSPS) is 25.8. The number of methoxy groups -OCH3 is 1. The highest BCUT2D eigenvalue weighted by Crippen LogP contribution is 2.44. The minimum atomic E-state index is -0.707. The molecule has 0 aliphatic carbocycles. The van der Waals surface area contributed by atoms with Crippen molar-refractivity contribution in [3.05, 3.63) is 29.8 Å². The van der Waals surface area contributed by atoms with Crippen LogP contribution in [0.15, 0.2) is 24.3 Å². The lowest BCUT2D eigenvalue weighted by Gasteiger charge is -2.34. The molecule has 2 amide bonds. The minimum Gasteiger partial charge on any atom is -0.497 e. The molecule has 1 aromatic carbocycles. The largest absolute Gasteiger partial charge is 0.497 e. The molecule has 1 aromatic rings. The maximum Gasteiger partial charge on any atom is 0.232 e. The van der Waals surface area contributed by atoms with Crippen LogP contribution >= 0.6 is 0 Å². The van der Waals surface area contributed by atoms with Gasteiger partial charge in [0.15, 0.2) is 0 Å². The van der Waals surface area contributed by atoms with Crippen LogP contribution in [0.4, 0.5) is 0 Å². The molecule has 2 saturated heterocycles. The van der Waals surface area contributed by atoms with Crippen molar-refractivity contribution < 1.29 is 14.3 Å². The fraction of sp³-hybridized carbons (Fsp3) is 0.600. The van der Waals surface area contributed by atoms with E-state index in [9.17, 15) is 9.59 Å². The van der Waals surface area contributed by atoms with E-state index in [0.717, 1.165) is 24.2 Å². The van der Waals surface area contributed by atoms with Crippen molar-refractivity contribution in [2.24, 2.45) is 0 Å². The van der Waals surface area contributed by atoms with E-state index in [4.69, 9.17) is 4.74 Å². The van der Waals surface area contributed by atoms with Gasteiger partial charge < -0.3 is 15.0 Å². The van der Waals surface area contributed by atoms with Crippen LogP contribution in [-0.2, 0) is 15.0 Å². The van der Waals surface area contributed by atoms with Crippen LogP contribution in [-0.4, -0.2) is 41.9 Å². The Morgan fingerprint density at radius 3 is 2.84 bits per heavy atom. The molecular formula is C20H28N2O3. The van der Waals surface area contributed by atoms with E-state index < -0.39 is 5.41 Å². The second-order valence-electron chi connectivity index (χ2n) is 7.92. The van der Waals surface area contributed by atoms with Crippen molar-refractivity contribution in [2.75, 3.05) is 13.7 Å². The number of fused-ring (bicyclic) bond motifs is 1. The maximum atomic E-state index is 13.4. The second kappa shape index (κ2) is 6.36. The molecule has 25 heavy (non-hydrogen) atoms. The third-order valence-corrected chi connectivity index (χ3v) is 5.87. The second-order valence-corrected chi connectivity index (χ2v) is 7.92. The Morgan fingerprint density at radius 1 is 1.44 bits per heavy atom. The summed E-state index contributed by atoms with van der Waals surface area (Å²) in [6.07, 6.45) is 2.96. The SMILES string of the molecule is CCC(C)(C)NC(=O)C1(c2cccc(OC)c2)CC2CCC(=O)N2C1. The van der Waals surface area contributed by atoms with Crippen molar-refractivity contribution in [1.29, 1.82) is 0 Å². The number of carbonyl (C=O) groups excluding carboxylic acids is 2. The summed E-state index contributed by atoms with van der Waals surface area (Å²) in [5.41, 5.74) is -0.0553. The van der Waals surface area contributed by atoms with Crippen LogP contribution in [0.2, 0.25) is 0 Å². The molecule has 3 rings (SSSR count). The highest BCUT2D eigenvalue weighted by Gasteiger charge is 2.54. The van der Waals surface area contributed by atoms with E-state index in [1.165, 1.54) is 0 Å². The first-order valence-corrected chi connectivity index (χ1v) is 9.08. The predicted octanol–water partition coefficient (Wildman–Crippen LogP) is 2.63. The third-order valence-electron chi connectivity index (χ3n) is 5.87. The smallest absolute Gasteiger partial charge is 0.232 e. The van der Waals surface area contributed by atoms with Crippen molar-refractivity contribution in [2.45, 2.75) is 63.5 Å². The number of ether oxygens (including phenoxy) is 1. The van der Waals surface area contributed by atoms with Gasteiger partial charge in [0.25, 0.3) is 0 Å². The van der Waals surface area contributed by atoms with E-state index in [0.29, 0.717) is 19.4 Å². The number of hydrogen-bond donors (Lipinski definition) is 1. The van der Waals surface area contributed by atoms with Gasteiger partial charge in [-0.25, -0.2) is 0 Å². The van der Waals surface area contributed by atoms with Crippen molar-refractivity contribution >= 4 is 11.8 Å². The van der Waals surface area contributed by atoms with Crippen LogP contribution in [0, 0.1) is 0 Å². The molecule has 0 aromatic heterocycles. The Labute approximate surface area is 149 Å². The van der Waals surface area contributed by atoms with Gasteiger partial charge in [0.05, 0.1) is 12.5 Å². The Bertz CT molecular complexity index is 685. The Hall–Kier alpha value is -2.04.